The number of ether oxygens (including phenoxy) is 1. The number of rotatable bonds is 7. The second-order valence-electron chi connectivity index (χ2n) is 5.08. The van der Waals surface area contributed by atoms with Crippen LogP contribution in [0.2, 0.25) is 0 Å². The molecule has 6 heteroatoms. The molecule has 1 amide bonds. The predicted molar refractivity (Wildman–Crippen MR) is 74.2 cm³/mol. The molecule has 0 atom stereocenters. The third-order valence-electron chi connectivity index (χ3n) is 3.21. The van der Waals surface area contributed by atoms with Crippen LogP contribution < -0.4 is 5.32 Å². The van der Waals surface area contributed by atoms with Crippen LogP contribution in [-0.4, -0.2) is 22.7 Å². The number of nitrogens with zero attached hydrogens (tertiary/aromatic N) is 2. The zero-order valence-electron chi connectivity index (χ0n) is 11.6. The highest BCUT2D eigenvalue weighted by atomic mass is 16.5. The van der Waals surface area contributed by atoms with Crippen LogP contribution in [0.5, 0.6) is 0 Å². The number of amides is 1. The quantitative estimate of drug-likeness (QED) is 0.840. The van der Waals surface area contributed by atoms with Gasteiger partial charge < -0.3 is 14.6 Å². The highest BCUT2D eigenvalue weighted by Crippen LogP contribution is 2.37. The molecule has 21 heavy (non-hydrogen) atoms. The van der Waals surface area contributed by atoms with Crippen LogP contribution in [0.15, 0.2) is 34.9 Å². The number of aromatic nitrogens is 2. The van der Waals surface area contributed by atoms with Crippen molar-refractivity contribution in [3.63, 3.8) is 0 Å². The van der Waals surface area contributed by atoms with Gasteiger partial charge in [0.25, 0.3) is 0 Å². The molecule has 0 spiro atoms. The lowest BCUT2D eigenvalue weighted by Crippen LogP contribution is -2.27. The maximum absolute atomic E-state index is 11.6. The minimum absolute atomic E-state index is 0.0124. The van der Waals surface area contributed by atoms with E-state index in [1.807, 2.05) is 30.3 Å². The molecular weight excluding hydrogens is 270 g/mol. The van der Waals surface area contributed by atoms with E-state index in [9.17, 15) is 4.79 Å². The molecule has 1 aromatic carbocycles. The van der Waals surface area contributed by atoms with E-state index in [1.165, 1.54) is 0 Å². The zero-order chi connectivity index (χ0) is 14.5. The molecule has 6 nitrogen and oxygen atoms in total. The van der Waals surface area contributed by atoms with E-state index in [0.717, 1.165) is 24.2 Å². The fourth-order valence-electron chi connectivity index (χ4n) is 1.91. The Morgan fingerprint density at radius 1 is 1.33 bits per heavy atom. The van der Waals surface area contributed by atoms with Crippen LogP contribution in [0.3, 0.4) is 0 Å². The minimum atomic E-state index is -0.197. The second kappa shape index (κ2) is 6.49. The molecule has 0 saturated heterocycles. The van der Waals surface area contributed by atoms with Gasteiger partial charge in [-0.1, -0.05) is 35.5 Å². The van der Waals surface area contributed by atoms with Gasteiger partial charge in [0.1, 0.15) is 6.61 Å². The van der Waals surface area contributed by atoms with Gasteiger partial charge >= 0.3 is 0 Å². The van der Waals surface area contributed by atoms with Gasteiger partial charge in [-0.3, -0.25) is 4.79 Å². The van der Waals surface area contributed by atoms with Crippen LogP contribution in [-0.2, 0) is 22.7 Å². The Morgan fingerprint density at radius 3 is 2.90 bits per heavy atom. The summed E-state index contributed by atoms with van der Waals surface area (Å²) in [6.45, 7) is 0.673. The predicted octanol–water partition coefficient (Wildman–Crippen LogP) is 1.78. The van der Waals surface area contributed by atoms with Gasteiger partial charge in [-0.25, -0.2) is 0 Å². The van der Waals surface area contributed by atoms with Crippen molar-refractivity contribution in [3.05, 3.63) is 47.6 Å². The lowest BCUT2D eigenvalue weighted by Gasteiger charge is -2.04. The molecule has 1 saturated carbocycles. The van der Waals surface area contributed by atoms with Crippen LogP contribution in [0.4, 0.5) is 0 Å². The lowest BCUT2D eigenvalue weighted by atomic mass is 10.2. The van der Waals surface area contributed by atoms with Crippen LogP contribution in [0.1, 0.15) is 36.0 Å². The number of benzene rings is 1. The van der Waals surface area contributed by atoms with E-state index in [-0.39, 0.29) is 19.1 Å². The topological polar surface area (TPSA) is 77.2 Å². The summed E-state index contributed by atoms with van der Waals surface area (Å²) >= 11 is 0. The average Bonchev–Trinajstić information content (AvgIpc) is 3.25. The van der Waals surface area contributed by atoms with Gasteiger partial charge in [0.05, 0.1) is 13.2 Å². The smallest absolute Gasteiger partial charge is 0.246 e. The molecule has 2 aromatic rings. The van der Waals surface area contributed by atoms with E-state index in [0.29, 0.717) is 18.4 Å². The molecule has 0 unspecified atom stereocenters. The van der Waals surface area contributed by atoms with E-state index >= 15 is 0 Å². The third-order valence-corrected chi connectivity index (χ3v) is 3.21. The maximum Gasteiger partial charge on any atom is 0.246 e. The highest BCUT2D eigenvalue weighted by molar-refractivity contribution is 5.77. The third kappa shape index (κ3) is 4.13. The Hall–Kier alpha value is -2.21. The molecule has 3 rings (SSSR count). The molecule has 1 aromatic heterocycles. The van der Waals surface area contributed by atoms with Crippen LogP contribution in [0.25, 0.3) is 0 Å². The summed E-state index contributed by atoms with van der Waals surface area (Å²) in [4.78, 5) is 15.9. The highest BCUT2D eigenvalue weighted by Gasteiger charge is 2.28. The second-order valence-corrected chi connectivity index (χ2v) is 5.08. The van der Waals surface area contributed by atoms with Gasteiger partial charge in [-0.2, -0.15) is 4.98 Å². The Morgan fingerprint density at radius 2 is 2.14 bits per heavy atom. The Labute approximate surface area is 122 Å². The minimum Gasteiger partial charge on any atom is -0.367 e. The number of carbonyl (C=O) groups excluding carboxylic acids is 1. The number of hydrogen-bond acceptors (Lipinski definition) is 5. The number of carbonyl (C=O) groups is 1. The summed E-state index contributed by atoms with van der Waals surface area (Å²) in [5, 5.41) is 6.59. The molecule has 0 aliphatic heterocycles. The van der Waals surface area contributed by atoms with Gasteiger partial charge in [0.15, 0.2) is 5.82 Å². The fourth-order valence-corrected chi connectivity index (χ4v) is 1.91. The lowest BCUT2D eigenvalue weighted by molar-refractivity contribution is -0.126. The molecule has 110 valence electrons. The van der Waals surface area contributed by atoms with Crippen LogP contribution in [0, 0.1) is 0 Å². The SMILES string of the molecule is O=C(COCc1ccccc1)NCc1nc(C2CC2)no1. The summed E-state index contributed by atoms with van der Waals surface area (Å²) in [7, 11) is 0. The Balaban J connectivity index is 1.35. The van der Waals surface area contributed by atoms with Crippen molar-refractivity contribution in [2.24, 2.45) is 0 Å². The summed E-state index contributed by atoms with van der Waals surface area (Å²) in [5.74, 6) is 1.44. The van der Waals surface area contributed by atoms with Crippen molar-refractivity contribution in [1.82, 2.24) is 15.5 Å². The van der Waals surface area contributed by atoms with Crippen molar-refractivity contribution < 1.29 is 14.1 Å². The van der Waals surface area contributed by atoms with Gasteiger partial charge in [0, 0.05) is 5.92 Å². The summed E-state index contributed by atoms with van der Waals surface area (Å²) in [5.41, 5.74) is 1.04. The first-order chi connectivity index (χ1) is 10.3. The van der Waals surface area contributed by atoms with E-state index in [1.54, 1.807) is 0 Å². The van der Waals surface area contributed by atoms with E-state index < -0.39 is 0 Å². The van der Waals surface area contributed by atoms with E-state index in [2.05, 4.69) is 15.5 Å². The first-order valence-electron chi connectivity index (χ1n) is 7.02. The van der Waals surface area contributed by atoms with Gasteiger partial charge in [-0.15, -0.1) is 0 Å². The summed E-state index contributed by atoms with van der Waals surface area (Å²) in [6, 6.07) is 9.72. The van der Waals surface area contributed by atoms with Crippen molar-refractivity contribution in [1.29, 1.82) is 0 Å². The molecule has 1 fully saturated rings. The van der Waals surface area contributed by atoms with Gasteiger partial charge in [-0.05, 0) is 18.4 Å². The fraction of sp³-hybridized carbons (Fsp3) is 0.400. The standard InChI is InChI=1S/C15H17N3O3/c19-13(10-20-9-11-4-2-1-3-5-11)16-8-14-17-15(18-21-14)12-6-7-12/h1-5,12H,6-10H2,(H,16,19). The number of hydrogen-bond donors (Lipinski definition) is 1. The van der Waals surface area contributed by atoms with Crippen molar-refractivity contribution in [2.75, 3.05) is 6.61 Å². The van der Waals surface area contributed by atoms with Crippen LogP contribution >= 0.6 is 0 Å². The largest absolute Gasteiger partial charge is 0.367 e. The first-order valence-corrected chi connectivity index (χ1v) is 7.02. The molecule has 0 radical (unpaired) electrons. The summed E-state index contributed by atoms with van der Waals surface area (Å²) in [6.07, 6.45) is 2.25. The molecular formula is C15H17N3O3. The normalized spacial score (nSPS) is 14.1. The monoisotopic (exact) mass is 287 g/mol. The average molecular weight is 287 g/mol. The summed E-state index contributed by atoms with van der Waals surface area (Å²) < 4.78 is 10.4. The molecule has 1 heterocycles. The molecule has 1 aliphatic rings. The molecule has 1 aliphatic carbocycles. The molecule has 0 bridgehead atoms. The Bertz CT molecular complexity index is 593. The van der Waals surface area contributed by atoms with E-state index in [4.69, 9.17) is 9.26 Å². The van der Waals surface area contributed by atoms with Crippen molar-refractivity contribution >= 4 is 5.91 Å². The van der Waals surface area contributed by atoms with Gasteiger partial charge in [0.2, 0.25) is 11.8 Å². The number of nitrogens with one attached hydrogen (secondary N) is 1. The Kier molecular flexibility index (Phi) is 4.25. The first kappa shape index (κ1) is 13.8. The molecule has 1 N–H and O–H groups in total. The van der Waals surface area contributed by atoms with Crippen molar-refractivity contribution in [3.8, 4) is 0 Å². The zero-order valence-corrected chi connectivity index (χ0v) is 11.6. The maximum atomic E-state index is 11.6. The van der Waals surface area contributed by atoms with Crippen molar-refractivity contribution in [2.45, 2.75) is 31.9 Å².